The lowest BCUT2D eigenvalue weighted by Crippen LogP contribution is -2.25. The lowest BCUT2D eigenvalue weighted by molar-refractivity contribution is -0.117. The number of aromatic amines is 1. The van der Waals surface area contributed by atoms with Crippen LogP contribution in [0.15, 0.2) is 82.3 Å². The molecule has 9 heteroatoms. The smallest absolute Gasteiger partial charge is 0.244 e. The zero-order chi connectivity index (χ0) is 22.6. The van der Waals surface area contributed by atoms with Gasteiger partial charge in [-0.3, -0.25) is 4.79 Å². The van der Waals surface area contributed by atoms with E-state index >= 15 is 0 Å². The van der Waals surface area contributed by atoms with Crippen LogP contribution in [0.4, 0.5) is 0 Å². The van der Waals surface area contributed by atoms with E-state index in [4.69, 9.17) is 4.42 Å². The molecule has 0 spiro atoms. The van der Waals surface area contributed by atoms with Crippen molar-refractivity contribution in [2.24, 2.45) is 0 Å². The second-order valence-electron chi connectivity index (χ2n) is 7.18. The van der Waals surface area contributed by atoms with Crippen LogP contribution in [-0.4, -0.2) is 24.3 Å². The predicted molar refractivity (Wildman–Crippen MR) is 121 cm³/mol. The summed E-state index contributed by atoms with van der Waals surface area (Å²) in [6.45, 7) is 1.92. The Kier molecular flexibility index (Phi) is 6.20. The van der Waals surface area contributed by atoms with Crippen molar-refractivity contribution in [3.05, 3.63) is 90.2 Å². The highest BCUT2D eigenvalue weighted by Gasteiger charge is 2.14. The number of nitrogens with one attached hydrogen (secondary N) is 3. The zero-order valence-corrected chi connectivity index (χ0v) is 18.1. The van der Waals surface area contributed by atoms with Gasteiger partial charge in [-0.05, 0) is 55.0 Å². The minimum atomic E-state index is -3.67. The molecule has 32 heavy (non-hydrogen) atoms. The first-order chi connectivity index (χ1) is 15.4. The van der Waals surface area contributed by atoms with Gasteiger partial charge in [0.2, 0.25) is 15.9 Å². The number of amides is 1. The van der Waals surface area contributed by atoms with Crippen LogP contribution >= 0.6 is 0 Å². The number of H-pyrrole nitrogens is 1. The predicted octanol–water partition coefficient (Wildman–Crippen LogP) is 3.53. The van der Waals surface area contributed by atoms with E-state index in [0.717, 1.165) is 11.0 Å². The number of furan rings is 1. The number of nitrogens with zero attached hydrogens (tertiary/aromatic N) is 1. The minimum Gasteiger partial charge on any atom is -0.468 e. The summed E-state index contributed by atoms with van der Waals surface area (Å²) in [6, 6.07) is 17.0. The van der Waals surface area contributed by atoms with Gasteiger partial charge in [-0.1, -0.05) is 24.3 Å². The molecule has 0 bridgehead atoms. The third-order valence-electron chi connectivity index (χ3n) is 4.81. The number of benzene rings is 2. The fraction of sp³-hybridized carbons (Fsp3) is 0.130. The Morgan fingerprint density at radius 3 is 2.62 bits per heavy atom. The zero-order valence-electron chi connectivity index (χ0n) is 17.3. The minimum absolute atomic E-state index is 0.0700. The van der Waals surface area contributed by atoms with E-state index in [1.165, 1.54) is 24.5 Å². The highest BCUT2D eigenvalue weighted by atomic mass is 32.2. The first-order valence-corrected chi connectivity index (χ1v) is 11.4. The Balaban J connectivity index is 1.35. The molecule has 1 amide bonds. The van der Waals surface area contributed by atoms with Crippen LogP contribution in [0.25, 0.3) is 17.1 Å². The lowest BCUT2D eigenvalue weighted by Gasteiger charge is -2.09. The number of rotatable bonds is 8. The molecule has 0 aliphatic carbocycles. The van der Waals surface area contributed by atoms with E-state index in [1.807, 2.05) is 31.2 Å². The lowest BCUT2D eigenvalue weighted by atomic mass is 10.2. The van der Waals surface area contributed by atoms with Gasteiger partial charge in [0.15, 0.2) is 0 Å². The van der Waals surface area contributed by atoms with Crippen molar-refractivity contribution in [3.63, 3.8) is 0 Å². The Labute approximate surface area is 185 Å². The van der Waals surface area contributed by atoms with Gasteiger partial charge < -0.3 is 14.7 Å². The number of imidazole rings is 1. The number of carbonyl (C=O) groups excluding carboxylic acids is 1. The molecular weight excluding hydrogens is 428 g/mol. The standard InChI is InChI=1S/C23H22N4O4S/c1-16(23-26-20-6-2-3-7-21(20)27-23)25-22(28)13-10-17-8-11-19(12-9-17)32(29,30)24-15-18-5-4-14-31-18/h2-14,16,24H,15H2,1H3,(H,25,28)(H,26,27)/b13-10+. The fourth-order valence-corrected chi connectivity index (χ4v) is 4.09. The second-order valence-corrected chi connectivity index (χ2v) is 8.94. The quantitative estimate of drug-likeness (QED) is 0.355. The summed E-state index contributed by atoms with van der Waals surface area (Å²) >= 11 is 0. The molecule has 2 aromatic carbocycles. The molecule has 2 aromatic heterocycles. The molecule has 164 valence electrons. The maximum atomic E-state index is 12.4. The fourth-order valence-electron chi connectivity index (χ4n) is 3.10. The molecule has 1 atom stereocenters. The molecular formula is C23H22N4O4S. The van der Waals surface area contributed by atoms with E-state index < -0.39 is 10.0 Å². The molecule has 0 radical (unpaired) electrons. The van der Waals surface area contributed by atoms with Gasteiger partial charge in [0.1, 0.15) is 11.6 Å². The van der Waals surface area contributed by atoms with Gasteiger partial charge in [0, 0.05) is 6.08 Å². The molecule has 0 aliphatic heterocycles. The maximum Gasteiger partial charge on any atom is 0.244 e. The van der Waals surface area contributed by atoms with Gasteiger partial charge in [0.25, 0.3) is 0 Å². The molecule has 8 nitrogen and oxygen atoms in total. The molecule has 0 saturated carbocycles. The summed E-state index contributed by atoms with van der Waals surface area (Å²) in [6.07, 6.45) is 4.50. The van der Waals surface area contributed by atoms with Crippen LogP contribution in [0, 0.1) is 0 Å². The molecule has 2 heterocycles. The van der Waals surface area contributed by atoms with Crippen molar-refractivity contribution in [2.45, 2.75) is 24.4 Å². The SMILES string of the molecule is CC(NC(=O)/C=C/c1ccc(S(=O)(=O)NCc2ccco2)cc1)c1nc2ccccc2[nH]1. The molecule has 0 saturated heterocycles. The van der Waals surface area contributed by atoms with Crippen LogP contribution in [-0.2, 0) is 21.4 Å². The van der Waals surface area contributed by atoms with Gasteiger partial charge in [-0.25, -0.2) is 18.1 Å². The van der Waals surface area contributed by atoms with Crippen molar-refractivity contribution >= 4 is 33.0 Å². The number of hydrogen-bond donors (Lipinski definition) is 3. The van der Waals surface area contributed by atoms with Crippen LogP contribution in [0.5, 0.6) is 0 Å². The van der Waals surface area contributed by atoms with Crippen molar-refractivity contribution in [1.29, 1.82) is 0 Å². The molecule has 1 unspecified atom stereocenters. The number of sulfonamides is 1. The number of aromatic nitrogens is 2. The van der Waals surface area contributed by atoms with Crippen molar-refractivity contribution in [3.8, 4) is 0 Å². The number of carbonyl (C=O) groups is 1. The van der Waals surface area contributed by atoms with Crippen LogP contribution in [0.3, 0.4) is 0 Å². The molecule has 0 fully saturated rings. The number of hydrogen-bond acceptors (Lipinski definition) is 5. The Morgan fingerprint density at radius 1 is 1.12 bits per heavy atom. The summed E-state index contributed by atoms with van der Waals surface area (Å²) in [4.78, 5) is 20.1. The third-order valence-corrected chi connectivity index (χ3v) is 6.23. The van der Waals surface area contributed by atoms with E-state index in [1.54, 1.807) is 30.3 Å². The number of para-hydroxylation sites is 2. The Morgan fingerprint density at radius 2 is 1.91 bits per heavy atom. The van der Waals surface area contributed by atoms with Crippen LogP contribution < -0.4 is 10.0 Å². The average Bonchev–Trinajstić information content (AvgIpc) is 3.46. The largest absolute Gasteiger partial charge is 0.468 e. The van der Waals surface area contributed by atoms with Crippen LogP contribution in [0.1, 0.15) is 30.1 Å². The van der Waals surface area contributed by atoms with Crippen molar-refractivity contribution < 1.29 is 17.6 Å². The first kappa shape index (κ1) is 21.5. The highest BCUT2D eigenvalue weighted by Crippen LogP contribution is 2.16. The summed E-state index contributed by atoms with van der Waals surface area (Å²) in [7, 11) is -3.67. The highest BCUT2D eigenvalue weighted by molar-refractivity contribution is 7.89. The maximum absolute atomic E-state index is 12.4. The van der Waals surface area contributed by atoms with Crippen molar-refractivity contribution in [1.82, 2.24) is 20.0 Å². The molecule has 3 N–H and O–H groups in total. The Hall–Kier alpha value is -3.69. The average molecular weight is 451 g/mol. The van der Waals surface area contributed by atoms with Crippen LogP contribution in [0.2, 0.25) is 0 Å². The molecule has 4 rings (SSSR count). The number of fused-ring (bicyclic) bond motifs is 1. The topological polar surface area (TPSA) is 117 Å². The van der Waals surface area contributed by atoms with E-state index in [0.29, 0.717) is 17.1 Å². The van der Waals surface area contributed by atoms with E-state index in [2.05, 4.69) is 20.0 Å². The third kappa shape index (κ3) is 5.13. The summed E-state index contributed by atoms with van der Waals surface area (Å²) < 4.78 is 32.4. The van der Waals surface area contributed by atoms with E-state index in [-0.39, 0.29) is 23.4 Å². The van der Waals surface area contributed by atoms with Gasteiger partial charge >= 0.3 is 0 Å². The Bertz CT molecular complexity index is 1310. The summed E-state index contributed by atoms with van der Waals surface area (Å²) in [5, 5.41) is 2.86. The normalized spacial score (nSPS) is 12.9. The molecule has 4 aromatic rings. The first-order valence-electron chi connectivity index (χ1n) is 9.96. The van der Waals surface area contributed by atoms with E-state index in [9.17, 15) is 13.2 Å². The summed E-state index contributed by atoms with van der Waals surface area (Å²) in [5.41, 5.74) is 2.45. The van der Waals surface area contributed by atoms with Gasteiger partial charge in [-0.15, -0.1) is 0 Å². The summed E-state index contributed by atoms with van der Waals surface area (Å²) in [5.74, 6) is 0.912. The van der Waals surface area contributed by atoms with Crippen molar-refractivity contribution in [2.75, 3.05) is 0 Å². The monoisotopic (exact) mass is 450 g/mol. The second kappa shape index (κ2) is 9.21. The van der Waals surface area contributed by atoms with Gasteiger partial charge in [0.05, 0.1) is 34.8 Å². The molecule has 0 aliphatic rings. The van der Waals surface area contributed by atoms with Gasteiger partial charge in [-0.2, -0.15) is 0 Å².